The summed E-state index contributed by atoms with van der Waals surface area (Å²) in [6, 6.07) is 3.47. The van der Waals surface area contributed by atoms with Gasteiger partial charge in [0.05, 0.1) is 5.92 Å². The Morgan fingerprint density at radius 2 is 1.66 bits per heavy atom. The molecule has 0 aromatic heterocycles. The second-order valence-corrected chi connectivity index (χ2v) is 9.79. The van der Waals surface area contributed by atoms with Crippen LogP contribution in [0.25, 0.3) is 0 Å². The number of hydrogen-bond donors (Lipinski definition) is 5. The van der Waals surface area contributed by atoms with Crippen molar-refractivity contribution in [3.8, 4) is 0 Å². The molecule has 10 nitrogen and oxygen atoms in total. The van der Waals surface area contributed by atoms with Gasteiger partial charge in [0, 0.05) is 24.1 Å². The zero-order chi connectivity index (χ0) is 26.6. The van der Waals surface area contributed by atoms with Crippen molar-refractivity contribution in [3.63, 3.8) is 0 Å². The van der Waals surface area contributed by atoms with Crippen LogP contribution < -0.4 is 16.0 Å². The van der Waals surface area contributed by atoms with Crippen LogP contribution in [-0.2, 0) is 14.3 Å². The summed E-state index contributed by atoms with van der Waals surface area (Å²) in [7, 11) is 0. The first-order chi connectivity index (χ1) is 16.3. The van der Waals surface area contributed by atoms with E-state index in [0.717, 1.165) is 12.1 Å². The number of fused-ring (bicyclic) bond motifs is 1. The zero-order valence-corrected chi connectivity index (χ0v) is 20.6. The molecule has 2 saturated carbocycles. The number of rotatable bonds is 6. The number of carbonyl (C=O) groups is 4. The molecule has 2 aliphatic carbocycles. The van der Waals surface area contributed by atoms with E-state index in [0.29, 0.717) is 5.69 Å². The summed E-state index contributed by atoms with van der Waals surface area (Å²) in [5, 5.41) is 26.8. The lowest BCUT2D eigenvalue weighted by atomic mass is 9.89. The molecule has 5 unspecified atom stereocenters. The quantitative estimate of drug-likeness (QED) is 0.402. The summed E-state index contributed by atoms with van der Waals surface area (Å²) in [4.78, 5) is 48.5. The van der Waals surface area contributed by atoms with E-state index < -0.39 is 64.8 Å². The maximum Gasteiger partial charge on any atom is 0.408 e. The maximum absolute atomic E-state index is 13.0. The van der Waals surface area contributed by atoms with Crippen LogP contribution >= 0.6 is 0 Å². The highest BCUT2D eigenvalue weighted by molar-refractivity contribution is 5.92. The number of carboxylic acids is 2. The van der Waals surface area contributed by atoms with Gasteiger partial charge in [-0.15, -0.1) is 0 Å². The van der Waals surface area contributed by atoms with E-state index in [1.807, 2.05) is 0 Å². The molecule has 35 heavy (non-hydrogen) atoms. The molecule has 0 spiro atoms. The lowest BCUT2D eigenvalue weighted by Gasteiger charge is -2.31. The second kappa shape index (κ2) is 10.9. The summed E-state index contributed by atoms with van der Waals surface area (Å²) in [6.45, 7) is 9.19. The number of anilines is 1. The third-order valence-electron chi connectivity index (χ3n) is 5.96. The van der Waals surface area contributed by atoms with E-state index in [1.54, 1.807) is 20.8 Å². The lowest BCUT2D eigenvalue weighted by molar-refractivity contribution is -0.147. The molecule has 5 atom stereocenters. The second-order valence-electron chi connectivity index (χ2n) is 9.79. The minimum absolute atomic E-state index is 0.211. The first-order valence-corrected chi connectivity index (χ1v) is 11.6. The number of aliphatic carboxylic acids is 2. The molecule has 5 N–H and O–H groups in total. The number of ether oxygens (including phenoxy) is 1. The molecular formula is C24H34FN3O7. The van der Waals surface area contributed by atoms with Crippen molar-refractivity contribution >= 4 is 29.8 Å². The van der Waals surface area contributed by atoms with Gasteiger partial charge in [0.25, 0.3) is 0 Å². The van der Waals surface area contributed by atoms with E-state index in [-0.39, 0.29) is 6.42 Å². The highest BCUT2D eigenvalue weighted by atomic mass is 19.1. The molecule has 0 heterocycles. The highest BCUT2D eigenvalue weighted by Crippen LogP contribution is 2.62. The molecule has 3 amide bonds. The van der Waals surface area contributed by atoms with Crippen LogP contribution in [0.2, 0.25) is 0 Å². The Hall–Kier alpha value is -3.37. The number of halogens is 1. The Kier molecular flexibility index (Phi) is 8.69. The smallest absolute Gasteiger partial charge is 0.408 e. The number of nitrogens with one attached hydrogen (secondary N) is 3. The van der Waals surface area contributed by atoms with E-state index >= 15 is 0 Å². The minimum Gasteiger partial charge on any atom is -0.481 e. The van der Waals surface area contributed by atoms with Crippen molar-refractivity contribution in [3.05, 3.63) is 30.1 Å². The SMILES string of the molecule is CC(C)(C)OC(=O)NC1(C(=O)O)CC(NC(=O)Nc2ccc(F)cc2)C2C(C(=O)O)C21.CCCC. The fourth-order valence-electron chi connectivity index (χ4n) is 4.33. The standard InChI is InChI=1S/C20H24FN3O7.C4H10/c1-19(2,3)31-18(30)24-20(16(27)28)8-11(12-13(14(12)20)15(25)26)23-17(29)22-10-6-4-9(21)5-7-10;1-3-4-2/h4-7,11-14H,8H2,1-3H3,(H,24,30)(H,25,26)(H,27,28)(H2,22,23,29);3-4H2,1-2H3. The van der Waals surface area contributed by atoms with Crippen LogP contribution in [0.3, 0.4) is 0 Å². The Labute approximate surface area is 203 Å². The summed E-state index contributed by atoms with van der Waals surface area (Å²) in [6.07, 6.45) is 1.44. The van der Waals surface area contributed by atoms with Gasteiger partial charge < -0.3 is 30.9 Å². The summed E-state index contributed by atoms with van der Waals surface area (Å²) < 4.78 is 18.2. The van der Waals surface area contributed by atoms with Crippen LogP contribution in [0.15, 0.2) is 24.3 Å². The average Bonchev–Trinajstić information content (AvgIpc) is 3.42. The average molecular weight is 496 g/mol. The number of carboxylic acid groups (broad SMARTS) is 2. The highest BCUT2D eigenvalue weighted by Gasteiger charge is 2.76. The first kappa shape index (κ1) is 27.9. The van der Waals surface area contributed by atoms with Crippen molar-refractivity contribution in [1.29, 1.82) is 0 Å². The largest absolute Gasteiger partial charge is 0.481 e. The number of hydrogen-bond acceptors (Lipinski definition) is 5. The van der Waals surface area contributed by atoms with Crippen molar-refractivity contribution in [1.82, 2.24) is 10.6 Å². The van der Waals surface area contributed by atoms with Crippen LogP contribution in [0.4, 0.5) is 19.7 Å². The molecule has 0 aliphatic heterocycles. The van der Waals surface area contributed by atoms with Crippen LogP contribution in [0.5, 0.6) is 0 Å². The molecule has 2 aliphatic rings. The predicted octanol–water partition coefficient (Wildman–Crippen LogP) is 3.82. The fraction of sp³-hybridized carbons (Fsp3) is 0.583. The summed E-state index contributed by atoms with van der Waals surface area (Å²) >= 11 is 0. The van der Waals surface area contributed by atoms with Gasteiger partial charge in [0.15, 0.2) is 0 Å². The normalized spacial score (nSPS) is 26.3. The Bertz CT molecular complexity index is 945. The summed E-state index contributed by atoms with van der Waals surface area (Å²) in [5.41, 5.74) is -2.48. The first-order valence-electron chi connectivity index (χ1n) is 11.6. The van der Waals surface area contributed by atoms with Gasteiger partial charge in [0.2, 0.25) is 0 Å². The van der Waals surface area contributed by atoms with Crippen LogP contribution in [0.1, 0.15) is 53.9 Å². The maximum atomic E-state index is 13.0. The zero-order valence-electron chi connectivity index (χ0n) is 20.6. The van der Waals surface area contributed by atoms with Crippen molar-refractivity contribution in [2.24, 2.45) is 17.8 Å². The number of urea groups is 1. The van der Waals surface area contributed by atoms with E-state index in [9.17, 15) is 33.8 Å². The van der Waals surface area contributed by atoms with Crippen LogP contribution in [0, 0.1) is 23.6 Å². The molecular weight excluding hydrogens is 461 g/mol. The molecule has 194 valence electrons. The number of benzene rings is 1. The number of amides is 3. The molecule has 0 bridgehead atoms. The lowest BCUT2D eigenvalue weighted by Crippen LogP contribution is -2.58. The minimum atomic E-state index is -1.90. The third kappa shape index (κ3) is 6.83. The Balaban J connectivity index is 0.00000100. The van der Waals surface area contributed by atoms with Gasteiger partial charge >= 0.3 is 24.1 Å². The number of unbranched alkanes of at least 4 members (excludes halogenated alkanes) is 1. The van der Waals surface area contributed by atoms with Crippen molar-refractivity contribution in [2.75, 3.05) is 5.32 Å². The van der Waals surface area contributed by atoms with Gasteiger partial charge in [-0.05, 0) is 51.0 Å². The third-order valence-corrected chi connectivity index (χ3v) is 5.96. The Morgan fingerprint density at radius 3 is 2.11 bits per heavy atom. The van der Waals surface area contributed by atoms with Gasteiger partial charge in [-0.1, -0.05) is 26.7 Å². The molecule has 0 saturated heterocycles. The van der Waals surface area contributed by atoms with Gasteiger partial charge in [-0.25, -0.2) is 18.8 Å². The molecule has 0 radical (unpaired) electrons. The van der Waals surface area contributed by atoms with Crippen molar-refractivity contribution < 1.29 is 38.5 Å². The molecule has 1 aromatic carbocycles. The monoisotopic (exact) mass is 495 g/mol. The van der Waals surface area contributed by atoms with E-state index in [1.165, 1.54) is 25.0 Å². The number of carbonyl (C=O) groups excluding carboxylic acids is 2. The predicted molar refractivity (Wildman–Crippen MR) is 125 cm³/mol. The van der Waals surface area contributed by atoms with Crippen LogP contribution in [-0.4, -0.2) is 51.5 Å². The topological polar surface area (TPSA) is 154 Å². The van der Waals surface area contributed by atoms with E-state index in [2.05, 4.69) is 29.8 Å². The molecule has 3 rings (SSSR count). The fourth-order valence-corrected chi connectivity index (χ4v) is 4.33. The van der Waals surface area contributed by atoms with Gasteiger partial charge in [-0.2, -0.15) is 0 Å². The summed E-state index contributed by atoms with van der Waals surface area (Å²) in [5.74, 6) is -5.73. The molecule has 2 fully saturated rings. The molecule has 11 heteroatoms. The van der Waals surface area contributed by atoms with Gasteiger partial charge in [-0.3, -0.25) is 4.79 Å². The Morgan fingerprint density at radius 1 is 1.09 bits per heavy atom. The number of alkyl carbamates (subject to hydrolysis) is 1. The molecule has 1 aromatic rings. The van der Waals surface area contributed by atoms with Gasteiger partial charge in [0.1, 0.15) is 17.0 Å². The van der Waals surface area contributed by atoms with Crippen molar-refractivity contribution in [2.45, 2.75) is 71.1 Å². The van der Waals surface area contributed by atoms with E-state index in [4.69, 9.17) is 4.74 Å².